The molecule has 31 heavy (non-hydrogen) atoms. The van der Waals surface area contributed by atoms with E-state index in [1.165, 1.54) is 16.7 Å². The summed E-state index contributed by atoms with van der Waals surface area (Å²) in [6, 6.07) is 27.4. The SMILES string of the molecule is C=CCCCC=CC[PH](c1ccccc1)(c1ccccc1)c1cccc(S(=O)(=O)O)c1. The second kappa shape index (κ2) is 10.7. The monoisotopic (exact) mass is 452 g/mol. The number of hydrogen-bond acceptors (Lipinski definition) is 2. The number of hydrogen-bond donors (Lipinski definition) is 1. The van der Waals surface area contributed by atoms with Crippen LogP contribution in [0.5, 0.6) is 0 Å². The zero-order valence-corrected chi connectivity index (χ0v) is 19.3. The minimum atomic E-state index is -4.29. The first-order chi connectivity index (χ1) is 15.0. The average molecular weight is 453 g/mol. The Kier molecular flexibility index (Phi) is 7.97. The Labute approximate surface area is 186 Å². The molecule has 1 N–H and O–H groups in total. The van der Waals surface area contributed by atoms with Crippen molar-refractivity contribution in [3.8, 4) is 0 Å². The van der Waals surface area contributed by atoms with Crippen molar-refractivity contribution in [3.05, 3.63) is 110 Å². The van der Waals surface area contributed by atoms with Crippen LogP contribution in [0, 0.1) is 0 Å². The second-order valence-electron chi connectivity index (χ2n) is 7.54. The van der Waals surface area contributed by atoms with Crippen LogP contribution in [-0.2, 0) is 10.1 Å². The first-order valence-electron chi connectivity index (χ1n) is 10.4. The molecule has 0 saturated carbocycles. The summed E-state index contributed by atoms with van der Waals surface area (Å²) in [6.45, 7) is 3.78. The molecule has 0 fully saturated rings. The minimum absolute atomic E-state index is 0.0660. The fourth-order valence-corrected chi connectivity index (χ4v) is 9.14. The van der Waals surface area contributed by atoms with Gasteiger partial charge >= 0.3 is 186 Å². The second-order valence-corrected chi connectivity index (χ2v) is 12.9. The van der Waals surface area contributed by atoms with E-state index in [9.17, 15) is 13.0 Å². The summed E-state index contributed by atoms with van der Waals surface area (Å²) >= 11 is 0. The Hall–Kier alpha value is -2.52. The van der Waals surface area contributed by atoms with Crippen molar-refractivity contribution in [2.75, 3.05) is 6.16 Å². The average Bonchev–Trinajstić information content (AvgIpc) is 2.79. The maximum atomic E-state index is 11.9. The molecular formula is C26H29O3PS. The molecule has 0 aliphatic carbocycles. The van der Waals surface area contributed by atoms with E-state index in [1.54, 1.807) is 12.1 Å². The van der Waals surface area contributed by atoms with Crippen molar-refractivity contribution in [2.45, 2.75) is 24.2 Å². The van der Waals surface area contributed by atoms with Gasteiger partial charge in [0, 0.05) is 0 Å². The van der Waals surface area contributed by atoms with E-state index in [1.807, 2.05) is 48.5 Å². The standard InChI is InChI=1S/C26H29O3PS/c1-2-3-4-5-6-13-21-30(23-15-9-7-10-16-23,24-17-11-8-12-18-24)25-19-14-20-26(22-25)31(27,28)29/h2,6-20,22,30H,1,3-5,21H2,(H,27,28,29). The van der Waals surface area contributed by atoms with Gasteiger partial charge in [-0.1, -0.05) is 0 Å². The first-order valence-corrected chi connectivity index (χ1v) is 14.1. The molecule has 0 unspecified atom stereocenters. The number of rotatable bonds is 10. The maximum absolute atomic E-state index is 11.9. The summed E-state index contributed by atoms with van der Waals surface area (Å²) in [7, 11) is -6.88. The van der Waals surface area contributed by atoms with Crippen LogP contribution in [-0.4, -0.2) is 19.1 Å². The van der Waals surface area contributed by atoms with E-state index < -0.39 is 17.4 Å². The predicted molar refractivity (Wildman–Crippen MR) is 134 cm³/mol. The zero-order chi connectivity index (χ0) is 22.2. The van der Waals surface area contributed by atoms with Crippen LogP contribution in [0.4, 0.5) is 0 Å². The topological polar surface area (TPSA) is 54.4 Å². The Balaban J connectivity index is 2.19. The van der Waals surface area contributed by atoms with Crippen LogP contribution in [0.1, 0.15) is 19.3 Å². The molecule has 5 heteroatoms. The van der Waals surface area contributed by atoms with Gasteiger partial charge in [-0.3, -0.25) is 0 Å². The first kappa shape index (κ1) is 23.1. The number of unbranched alkanes of at least 4 members (excludes halogenated alkanes) is 2. The van der Waals surface area contributed by atoms with Crippen LogP contribution in [0.15, 0.2) is 115 Å². The molecule has 162 valence electrons. The van der Waals surface area contributed by atoms with Crippen LogP contribution < -0.4 is 15.9 Å². The molecule has 0 bridgehead atoms. The van der Waals surface area contributed by atoms with Crippen molar-refractivity contribution in [1.82, 2.24) is 0 Å². The van der Waals surface area contributed by atoms with Gasteiger partial charge in [-0.25, -0.2) is 0 Å². The van der Waals surface area contributed by atoms with E-state index >= 15 is 0 Å². The van der Waals surface area contributed by atoms with E-state index in [0.29, 0.717) is 0 Å². The van der Waals surface area contributed by atoms with E-state index in [4.69, 9.17) is 0 Å². The van der Waals surface area contributed by atoms with Crippen LogP contribution >= 0.6 is 7.26 Å². The van der Waals surface area contributed by atoms with Crippen molar-refractivity contribution in [2.24, 2.45) is 0 Å². The zero-order valence-electron chi connectivity index (χ0n) is 17.5. The molecule has 3 aromatic rings. The van der Waals surface area contributed by atoms with Crippen molar-refractivity contribution >= 4 is 33.3 Å². The molecule has 0 aliphatic rings. The van der Waals surface area contributed by atoms with Gasteiger partial charge in [0.2, 0.25) is 0 Å². The molecule has 0 spiro atoms. The van der Waals surface area contributed by atoms with Gasteiger partial charge in [-0.2, -0.15) is 0 Å². The predicted octanol–water partition coefficient (Wildman–Crippen LogP) is 4.87. The molecular weight excluding hydrogens is 423 g/mol. The van der Waals surface area contributed by atoms with E-state index in [-0.39, 0.29) is 4.90 Å². The van der Waals surface area contributed by atoms with Crippen molar-refractivity contribution in [1.29, 1.82) is 0 Å². The summed E-state index contributed by atoms with van der Waals surface area (Å²) in [5.41, 5.74) is 0. The summed E-state index contributed by atoms with van der Waals surface area (Å²) in [4.78, 5) is -0.0660. The number of allylic oxidation sites excluding steroid dienone is 3. The Morgan fingerprint density at radius 2 is 1.35 bits per heavy atom. The van der Waals surface area contributed by atoms with Gasteiger partial charge in [0.1, 0.15) is 0 Å². The van der Waals surface area contributed by atoms with Crippen LogP contribution in [0.3, 0.4) is 0 Å². The Morgan fingerprint density at radius 3 is 1.90 bits per heavy atom. The quantitative estimate of drug-likeness (QED) is 0.207. The third-order valence-corrected chi connectivity index (χ3v) is 11.2. The third-order valence-electron chi connectivity index (χ3n) is 5.53. The van der Waals surface area contributed by atoms with Crippen LogP contribution in [0.2, 0.25) is 0 Å². The van der Waals surface area contributed by atoms with E-state index in [0.717, 1.165) is 30.7 Å². The molecule has 3 rings (SSSR count). The van der Waals surface area contributed by atoms with Gasteiger partial charge in [-0.05, 0) is 0 Å². The number of benzene rings is 3. The van der Waals surface area contributed by atoms with E-state index in [2.05, 4.69) is 43.0 Å². The van der Waals surface area contributed by atoms with Crippen molar-refractivity contribution in [3.63, 3.8) is 0 Å². The molecule has 3 aromatic carbocycles. The molecule has 0 aromatic heterocycles. The summed E-state index contributed by atoms with van der Waals surface area (Å²) in [5, 5.41) is 3.35. The van der Waals surface area contributed by atoms with Crippen molar-refractivity contribution < 1.29 is 13.0 Å². The third kappa shape index (κ3) is 5.59. The normalized spacial score (nSPS) is 12.7. The molecule has 0 atom stereocenters. The van der Waals surface area contributed by atoms with Gasteiger partial charge in [-0.15, -0.1) is 0 Å². The molecule has 0 amide bonds. The fourth-order valence-electron chi connectivity index (χ4n) is 3.98. The molecule has 0 saturated heterocycles. The fraction of sp³-hybridized carbons (Fsp3) is 0.154. The van der Waals surface area contributed by atoms with Gasteiger partial charge in [0.25, 0.3) is 0 Å². The van der Waals surface area contributed by atoms with Gasteiger partial charge in [0.05, 0.1) is 0 Å². The summed E-state index contributed by atoms with van der Waals surface area (Å²) in [5.74, 6) is 0. The molecule has 0 radical (unpaired) electrons. The van der Waals surface area contributed by atoms with Gasteiger partial charge in [0.15, 0.2) is 0 Å². The summed E-state index contributed by atoms with van der Waals surface area (Å²) in [6.07, 6.45) is 10.2. The Bertz CT molecular complexity index is 1080. The van der Waals surface area contributed by atoms with Crippen LogP contribution in [0.25, 0.3) is 0 Å². The van der Waals surface area contributed by atoms with Gasteiger partial charge < -0.3 is 0 Å². The molecule has 0 heterocycles. The molecule has 3 nitrogen and oxygen atoms in total. The molecule has 0 aliphatic heterocycles. The Morgan fingerprint density at radius 1 is 0.774 bits per heavy atom. The summed E-state index contributed by atoms with van der Waals surface area (Å²) < 4.78 is 33.5.